The van der Waals surface area contributed by atoms with E-state index in [0.29, 0.717) is 23.4 Å². The highest BCUT2D eigenvalue weighted by atomic mass is 35.5. The Morgan fingerprint density at radius 3 is 2.56 bits per heavy atom. The van der Waals surface area contributed by atoms with Crippen LogP contribution in [0.3, 0.4) is 0 Å². The monoisotopic (exact) mass is 394 g/mol. The third kappa shape index (κ3) is 6.61. The number of amides is 1. The number of para-hydroxylation sites is 1. The minimum Gasteiger partial charge on any atom is -0.487 e. The van der Waals surface area contributed by atoms with E-state index in [2.05, 4.69) is 15.6 Å². The van der Waals surface area contributed by atoms with Crippen molar-refractivity contribution in [3.8, 4) is 5.75 Å². The Morgan fingerprint density at radius 1 is 1.30 bits per heavy atom. The van der Waals surface area contributed by atoms with Crippen molar-refractivity contribution >= 4 is 23.5 Å². The summed E-state index contributed by atoms with van der Waals surface area (Å²) >= 11 is 6.13. The van der Waals surface area contributed by atoms with Gasteiger partial charge in [0.15, 0.2) is 5.96 Å². The van der Waals surface area contributed by atoms with E-state index < -0.39 is 0 Å². The molecule has 150 valence electrons. The standard InChI is InChI=1S/C20H31ClN4O2/c1-14(2)19(26)25-11-9-16(10-12-25)24-20(22-4)23-13-15(3)27-18-8-6-5-7-17(18)21/h5-8,14-16H,9-13H2,1-4H3,(H2,22,23,24). The quantitative estimate of drug-likeness (QED) is 0.575. The molecular weight excluding hydrogens is 364 g/mol. The molecule has 0 radical (unpaired) electrons. The predicted molar refractivity (Wildman–Crippen MR) is 110 cm³/mol. The van der Waals surface area contributed by atoms with Crippen LogP contribution < -0.4 is 15.4 Å². The molecular formula is C20H31ClN4O2. The first-order chi connectivity index (χ1) is 12.9. The van der Waals surface area contributed by atoms with E-state index in [4.69, 9.17) is 16.3 Å². The average Bonchev–Trinajstić information content (AvgIpc) is 2.66. The smallest absolute Gasteiger partial charge is 0.225 e. The highest BCUT2D eigenvalue weighted by Gasteiger charge is 2.24. The summed E-state index contributed by atoms with van der Waals surface area (Å²) in [7, 11) is 1.76. The van der Waals surface area contributed by atoms with Gasteiger partial charge in [-0.05, 0) is 31.9 Å². The Kier molecular flexibility index (Phi) is 8.23. The summed E-state index contributed by atoms with van der Waals surface area (Å²) in [5.74, 6) is 1.72. The molecule has 0 saturated carbocycles. The van der Waals surface area contributed by atoms with E-state index >= 15 is 0 Å². The van der Waals surface area contributed by atoms with Crippen LogP contribution in [0.2, 0.25) is 5.02 Å². The summed E-state index contributed by atoms with van der Waals surface area (Å²) < 4.78 is 5.87. The molecule has 0 bridgehead atoms. The molecule has 1 amide bonds. The van der Waals surface area contributed by atoms with Crippen LogP contribution in [0.4, 0.5) is 0 Å². The Morgan fingerprint density at radius 2 is 1.96 bits per heavy atom. The molecule has 2 rings (SSSR count). The maximum atomic E-state index is 12.1. The number of carbonyl (C=O) groups excluding carboxylic acids is 1. The van der Waals surface area contributed by atoms with Crippen LogP contribution in [-0.4, -0.2) is 55.6 Å². The molecule has 1 aliphatic heterocycles. The van der Waals surface area contributed by atoms with Gasteiger partial charge in [0, 0.05) is 32.1 Å². The van der Waals surface area contributed by atoms with Crippen molar-refractivity contribution in [1.29, 1.82) is 0 Å². The van der Waals surface area contributed by atoms with E-state index in [1.54, 1.807) is 7.05 Å². The van der Waals surface area contributed by atoms with Gasteiger partial charge in [-0.15, -0.1) is 0 Å². The van der Waals surface area contributed by atoms with Gasteiger partial charge in [-0.2, -0.15) is 0 Å². The molecule has 0 aromatic heterocycles. The number of hydrogen-bond acceptors (Lipinski definition) is 3. The number of ether oxygens (including phenoxy) is 1. The first-order valence-electron chi connectivity index (χ1n) is 9.57. The van der Waals surface area contributed by atoms with Gasteiger partial charge < -0.3 is 20.3 Å². The summed E-state index contributed by atoms with van der Waals surface area (Å²) in [5.41, 5.74) is 0. The highest BCUT2D eigenvalue weighted by Crippen LogP contribution is 2.24. The lowest BCUT2D eigenvalue weighted by Crippen LogP contribution is -2.51. The lowest BCUT2D eigenvalue weighted by molar-refractivity contribution is -0.135. The summed E-state index contributed by atoms with van der Waals surface area (Å²) in [4.78, 5) is 18.3. The molecule has 2 N–H and O–H groups in total. The largest absolute Gasteiger partial charge is 0.487 e. The summed E-state index contributed by atoms with van der Waals surface area (Å²) in [6.07, 6.45) is 1.78. The Hall–Kier alpha value is -1.95. The zero-order valence-corrected chi connectivity index (χ0v) is 17.4. The van der Waals surface area contributed by atoms with Gasteiger partial charge in [-0.25, -0.2) is 0 Å². The number of carbonyl (C=O) groups is 1. The number of nitrogens with one attached hydrogen (secondary N) is 2. The number of likely N-dealkylation sites (tertiary alicyclic amines) is 1. The fourth-order valence-corrected chi connectivity index (χ4v) is 3.22. The van der Waals surface area contributed by atoms with Gasteiger partial charge in [0.25, 0.3) is 0 Å². The number of rotatable bonds is 6. The number of nitrogens with zero attached hydrogens (tertiary/aromatic N) is 2. The molecule has 1 aromatic carbocycles. The second-order valence-electron chi connectivity index (χ2n) is 7.21. The van der Waals surface area contributed by atoms with Gasteiger partial charge in [-0.1, -0.05) is 37.6 Å². The van der Waals surface area contributed by atoms with Gasteiger partial charge in [-0.3, -0.25) is 9.79 Å². The first-order valence-corrected chi connectivity index (χ1v) is 9.95. The van der Waals surface area contributed by atoms with Crippen LogP contribution in [-0.2, 0) is 4.79 Å². The molecule has 1 unspecified atom stereocenters. The maximum Gasteiger partial charge on any atom is 0.225 e. The molecule has 1 aromatic rings. The lowest BCUT2D eigenvalue weighted by atomic mass is 10.0. The normalized spacial score (nSPS) is 17.0. The van der Waals surface area contributed by atoms with Crippen LogP contribution in [0, 0.1) is 5.92 Å². The van der Waals surface area contributed by atoms with E-state index in [-0.39, 0.29) is 17.9 Å². The summed E-state index contributed by atoms with van der Waals surface area (Å²) in [6, 6.07) is 7.76. The number of halogens is 1. The van der Waals surface area contributed by atoms with Gasteiger partial charge in [0.1, 0.15) is 11.9 Å². The molecule has 27 heavy (non-hydrogen) atoms. The zero-order valence-electron chi connectivity index (χ0n) is 16.7. The summed E-state index contributed by atoms with van der Waals surface area (Å²) in [6.45, 7) is 8.07. The second kappa shape index (κ2) is 10.4. The molecule has 1 aliphatic rings. The van der Waals surface area contributed by atoms with Crippen LogP contribution in [0.25, 0.3) is 0 Å². The molecule has 0 spiro atoms. The Labute approximate surface area is 167 Å². The minimum absolute atomic E-state index is 0.0588. The topological polar surface area (TPSA) is 66.0 Å². The third-order valence-corrected chi connectivity index (χ3v) is 4.90. The van der Waals surface area contributed by atoms with Gasteiger partial charge in [0.05, 0.1) is 11.6 Å². The van der Waals surface area contributed by atoms with E-state index in [1.807, 2.05) is 49.9 Å². The second-order valence-corrected chi connectivity index (χ2v) is 7.62. The first kappa shape index (κ1) is 21.4. The predicted octanol–water partition coefficient (Wildman–Crippen LogP) is 2.92. The lowest BCUT2D eigenvalue weighted by Gasteiger charge is -2.34. The van der Waals surface area contributed by atoms with Gasteiger partial charge >= 0.3 is 0 Å². The van der Waals surface area contributed by atoms with Crippen LogP contribution in [0.15, 0.2) is 29.3 Å². The zero-order chi connectivity index (χ0) is 19.8. The number of guanidine groups is 1. The van der Waals surface area contributed by atoms with E-state index in [1.165, 1.54) is 0 Å². The Balaban J connectivity index is 1.75. The molecule has 1 fully saturated rings. The number of piperidine rings is 1. The molecule has 1 atom stereocenters. The van der Waals surface area contributed by atoms with Crippen molar-refractivity contribution in [2.75, 3.05) is 26.7 Å². The number of aliphatic imine (C=N–C) groups is 1. The fraction of sp³-hybridized carbons (Fsp3) is 0.600. The number of benzene rings is 1. The molecule has 6 nitrogen and oxygen atoms in total. The SMILES string of the molecule is CN=C(NCC(C)Oc1ccccc1Cl)NC1CCN(C(=O)C(C)C)CC1. The summed E-state index contributed by atoms with van der Waals surface area (Å²) in [5, 5.41) is 7.35. The fourth-order valence-electron chi connectivity index (χ4n) is 3.04. The van der Waals surface area contributed by atoms with Crippen molar-refractivity contribution in [3.63, 3.8) is 0 Å². The van der Waals surface area contributed by atoms with Crippen molar-refractivity contribution < 1.29 is 9.53 Å². The molecule has 1 saturated heterocycles. The van der Waals surface area contributed by atoms with Crippen molar-refractivity contribution in [2.45, 2.75) is 45.8 Å². The highest BCUT2D eigenvalue weighted by molar-refractivity contribution is 6.32. The molecule has 7 heteroatoms. The number of hydrogen-bond donors (Lipinski definition) is 2. The van der Waals surface area contributed by atoms with Crippen molar-refractivity contribution in [3.05, 3.63) is 29.3 Å². The van der Waals surface area contributed by atoms with E-state index in [9.17, 15) is 4.79 Å². The molecule has 1 heterocycles. The van der Waals surface area contributed by atoms with E-state index in [0.717, 1.165) is 31.9 Å². The minimum atomic E-state index is -0.0611. The van der Waals surface area contributed by atoms with Gasteiger partial charge in [0.2, 0.25) is 5.91 Å². The van der Waals surface area contributed by atoms with Crippen LogP contribution in [0.1, 0.15) is 33.6 Å². The van der Waals surface area contributed by atoms with Crippen molar-refractivity contribution in [1.82, 2.24) is 15.5 Å². The van der Waals surface area contributed by atoms with Crippen LogP contribution in [0.5, 0.6) is 5.75 Å². The molecule has 0 aliphatic carbocycles. The average molecular weight is 395 g/mol. The van der Waals surface area contributed by atoms with Crippen molar-refractivity contribution in [2.24, 2.45) is 10.9 Å². The Bertz CT molecular complexity index is 643. The third-order valence-electron chi connectivity index (χ3n) is 4.59. The maximum absolute atomic E-state index is 12.1. The van der Waals surface area contributed by atoms with Crippen LogP contribution >= 0.6 is 11.6 Å².